The van der Waals surface area contributed by atoms with Crippen molar-refractivity contribution in [3.8, 4) is 0 Å². The number of carbonyl (C=O) groups is 1. The van der Waals surface area contributed by atoms with Gasteiger partial charge in [0.1, 0.15) is 0 Å². The van der Waals surface area contributed by atoms with Crippen molar-refractivity contribution in [2.45, 2.75) is 111 Å². The standard InChI is InChI=1S/C27H46O2/c1-18(8-7-9-19(2)25(28)29)22-13-14-23-21-12-11-20-10-5-6-16-26(20,3)24(21)15-17-27(22,23)4/h18-24H,5-17H2,1-4H3,(H,28,29)/t18-,19?,20?,21+,22-,23+,24+,26+,27-/m1/s1. The molecule has 0 aromatic heterocycles. The van der Waals surface area contributed by atoms with Gasteiger partial charge in [0.05, 0.1) is 5.92 Å². The second-order valence-electron chi connectivity index (χ2n) is 12.3. The van der Waals surface area contributed by atoms with Gasteiger partial charge in [0.25, 0.3) is 0 Å². The molecule has 2 unspecified atom stereocenters. The predicted molar refractivity (Wildman–Crippen MR) is 120 cm³/mol. The van der Waals surface area contributed by atoms with Crippen molar-refractivity contribution in [3.63, 3.8) is 0 Å². The zero-order valence-corrected chi connectivity index (χ0v) is 19.6. The summed E-state index contributed by atoms with van der Waals surface area (Å²) in [4.78, 5) is 11.1. The quantitative estimate of drug-likeness (QED) is 0.497. The Hall–Kier alpha value is -0.530. The lowest BCUT2D eigenvalue weighted by molar-refractivity contribution is -0.141. The van der Waals surface area contributed by atoms with Crippen molar-refractivity contribution in [2.75, 3.05) is 0 Å². The molecule has 2 heteroatoms. The van der Waals surface area contributed by atoms with E-state index in [-0.39, 0.29) is 5.92 Å². The highest BCUT2D eigenvalue weighted by molar-refractivity contribution is 5.69. The zero-order chi connectivity index (χ0) is 20.8. The molecule has 0 radical (unpaired) electrons. The number of hydrogen-bond donors (Lipinski definition) is 1. The van der Waals surface area contributed by atoms with E-state index in [4.69, 9.17) is 5.11 Å². The normalized spacial score (nSPS) is 46.3. The highest BCUT2D eigenvalue weighted by Gasteiger charge is 2.60. The van der Waals surface area contributed by atoms with Crippen LogP contribution in [0.3, 0.4) is 0 Å². The number of fused-ring (bicyclic) bond motifs is 5. The summed E-state index contributed by atoms with van der Waals surface area (Å²) in [6.45, 7) is 9.70. The fraction of sp³-hybridized carbons (Fsp3) is 0.963. The van der Waals surface area contributed by atoms with E-state index >= 15 is 0 Å². The molecule has 4 saturated carbocycles. The average Bonchev–Trinajstić information content (AvgIpc) is 3.04. The van der Waals surface area contributed by atoms with Crippen LogP contribution >= 0.6 is 0 Å². The molecule has 0 spiro atoms. The maximum absolute atomic E-state index is 11.1. The highest BCUT2D eigenvalue weighted by Crippen LogP contribution is 2.68. The number of carboxylic acids is 1. The first kappa shape index (κ1) is 21.7. The van der Waals surface area contributed by atoms with Crippen molar-refractivity contribution in [2.24, 2.45) is 52.3 Å². The maximum atomic E-state index is 11.1. The van der Waals surface area contributed by atoms with E-state index < -0.39 is 5.97 Å². The van der Waals surface area contributed by atoms with E-state index in [9.17, 15) is 4.79 Å². The summed E-state index contributed by atoms with van der Waals surface area (Å²) in [6.07, 6.45) is 18.0. The molecule has 4 aliphatic rings. The third kappa shape index (κ3) is 3.69. The van der Waals surface area contributed by atoms with E-state index in [2.05, 4.69) is 20.8 Å². The van der Waals surface area contributed by atoms with Crippen molar-refractivity contribution >= 4 is 5.97 Å². The summed E-state index contributed by atoms with van der Waals surface area (Å²) in [5.41, 5.74) is 1.20. The largest absolute Gasteiger partial charge is 0.481 e. The molecule has 2 nitrogen and oxygen atoms in total. The fourth-order valence-corrected chi connectivity index (χ4v) is 9.34. The van der Waals surface area contributed by atoms with Gasteiger partial charge >= 0.3 is 5.97 Å². The van der Waals surface area contributed by atoms with Crippen LogP contribution in [-0.4, -0.2) is 11.1 Å². The lowest BCUT2D eigenvalue weighted by atomic mass is 9.44. The van der Waals surface area contributed by atoms with E-state index in [1.54, 1.807) is 0 Å². The Labute approximate surface area is 179 Å². The minimum absolute atomic E-state index is 0.184. The number of rotatable bonds is 6. The third-order valence-corrected chi connectivity index (χ3v) is 11.1. The SMILES string of the molecule is CC(CCC[C@@H](C)[C@H]1CC[C@H]2[C@@H]3CCC4CCCC[C@]4(C)[C@H]3CC[C@]12C)C(=O)O. The van der Waals surface area contributed by atoms with E-state index in [0.717, 1.165) is 48.3 Å². The van der Waals surface area contributed by atoms with Crippen LogP contribution in [0.15, 0.2) is 0 Å². The summed E-state index contributed by atoms with van der Waals surface area (Å²) in [5, 5.41) is 9.17. The summed E-state index contributed by atoms with van der Waals surface area (Å²) in [5.74, 6) is 4.80. The van der Waals surface area contributed by atoms with Crippen LogP contribution < -0.4 is 0 Å². The summed E-state index contributed by atoms with van der Waals surface area (Å²) in [6, 6.07) is 0. The fourth-order valence-electron chi connectivity index (χ4n) is 9.34. The number of aliphatic carboxylic acids is 1. The van der Waals surface area contributed by atoms with E-state index in [1.807, 2.05) is 6.92 Å². The van der Waals surface area contributed by atoms with Crippen LogP contribution in [0.2, 0.25) is 0 Å². The topological polar surface area (TPSA) is 37.3 Å². The first-order valence-electron chi connectivity index (χ1n) is 13.0. The van der Waals surface area contributed by atoms with Crippen molar-refractivity contribution in [3.05, 3.63) is 0 Å². The van der Waals surface area contributed by atoms with Gasteiger partial charge in [-0.2, -0.15) is 0 Å². The third-order valence-electron chi connectivity index (χ3n) is 11.1. The molecule has 0 bridgehead atoms. The van der Waals surface area contributed by atoms with Crippen molar-refractivity contribution in [1.29, 1.82) is 0 Å². The lowest BCUT2D eigenvalue weighted by Crippen LogP contribution is -2.53. The summed E-state index contributed by atoms with van der Waals surface area (Å²) in [7, 11) is 0. The van der Waals surface area contributed by atoms with Crippen LogP contribution in [0.25, 0.3) is 0 Å². The summed E-state index contributed by atoms with van der Waals surface area (Å²) < 4.78 is 0. The molecule has 0 aromatic rings. The Kier molecular flexibility index (Phi) is 6.13. The van der Waals surface area contributed by atoms with Crippen LogP contribution in [0.4, 0.5) is 0 Å². The van der Waals surface area contributed by atoms with Crippen LogP contribution in [0.5, 0.6) is 0 Å². The molecule has 0 amide bonds. The number of carboxylic acid groups (broad SMARTS) is 1. The molecule has 29 heavy (non-hydrogen) atoms. The van der Waals surface area contributed by atoms with Crippen LogP contribution in [0, 0.1) is 52.3 Å². The molecule has 0 saturated heterocycles. The molecule has 0 aromatic carbocycles. The van der Waals surface area contributed by atoms with E-state index in [0.29, 0.717) is 10.8 Å². The molecule has 9 atom stereocenters. The van der Waals surface area contributed by atoms with Gasteiger partial charge in [-0.25, -0.2) is 0 Å². The van der Waals surface area contributed by atoms with E-state index in [1.165, 1.54) is 70.6 Å². The molecular weight excluding hydrogens is 356 g/mol. The van der Waals surface area contributed by atoms with Gasteiger partial charge in [-0.15, -0.1) is 0 Å². The monoisotopic (exact) mass is 402 g/mol. The molecule has 4 fully saturated rings. The maximum Gasteiger partial charge on any atom is 0.306 e. The molecule has 1 N–H and O–H groups in total. The first-order chi connectivity index (χ1) is 13.8. The Morgan fingerprint density at radius 2 is 1.66 bits per heavy atom. The van der Waals surface area contributed by atoms with Gasteiger partial charge < -0.3 is 5.11 Å². The molecular formula is C27H46O2. The van der Waals surface area contributed by atoms with Gasteiger partial charge in [0.15, 0.2) is 0 Å². The number of hydrogen-bond acceptors (Lipinski definition) is 1. The zero-order valence-electron chi connectivity index (χ0n) is 19.6. The van der Waals surface area contributed by atoms with Gasteiger partial charge in [0.2, 0.25) is 0 Å². The predicted octanol–water partition coefficient (Wildman–Crippen LogP) is 7.56. The minimum atomic E-state index is -0.629. The van der Waals surface area contributed by atoms with Crippen LogP contribution in [0.1, 0.15) is 111 Å². The second-order valence-corrected chi connectivity index (χ2v) is 12.3. The Morgan fingerprint density at radius 1 is 0.897 bits per heavy atom. The molecule has 0 heterocycles. The highest BCUT2D eigenvalue weighted by atomic mass is 16.4. The van der Waals surface area contributed by atoms with Crippen molar-refractivity contribution < 1.29 is 9.90 Å². The average molecular weight is 403 g/mol. The van der Waals surface area contributed by atoms with Gasteiger partial charge in [-0.05, 0) is 104 Å². The molecule has 166 valence electrons. The van der Waals surface area contributed by atoms with Crippen molar-refractivity contribution in [1.82, 2.24) is 0 Å². The molecule has 4 aliphatic carbocycles. The smallest absolute Gasteiger partial charge is 0.306 e. The van der Waals surface area contributed by atoms with Gasteiger partial charge in [0, 0.05) is 0 Å². The molecule has 4 rings (SSSR count). The summed E-state index contributed by atoms with van der Waals surface area (Å²) >= 11 is 0. The van der Waals surface area contributed by atoms with Crippen LogP contribution in [-0.2, 0) is 4.79 Å². The van der Waals surface area contributed by atoms with Gasteiger partial charge in [-0.1, -0.05) is 53.4 Å². The first-order valence-corrected chi connectivity index (χ1v) is 13.0. The Morgan fingerprint density at radius 3 is 2.41 bits per heavy atom. The second kappa shape index (κ2) is 8.19. The molecule has 0 aliphatic heterocycles. The Balaban J connectivity index is 1.42. The Bertz CT molecular complexity index is 599. The lowest BCUT2D eigenvalue weighted by Gasteiger charge is -2.61. The van der Waals surface area contributed by atoms with Gasteiger partial charge in [-0.3, -0.25) is 4.79 Å². The minimum Gasteiger partial charge on any atom is -0.481 e.